The Morgan fingerprint density at radius 3 is 2.39 bits per heavy atom. The van der Waals surface area contributed by atoms with Crippen LogP contribution >= 0.6 is 11.6 Å². The number of nitrogens with two attached hydrogens (primary N) is 1. The Bertz CT molecular complexity index is 432. The summed E-state index contributed by atoms with van der Waals surface area (Å²) in [6.45, 7) is 4.58. The van der Waals surface area contributed by atoms with Gasteiger partial charge in [-0.2, -0.15) is 0 Å². The van der Waals surface area contributed by atoms with Crippen LogP contribution in [-0.2, 0) is 6.42 Å². The van der Waals surface area contributed by atoms with E-state index >= 15 is 0 Å². The molecule has 0 heterocycles. The third-order valence-corrected chi connectivity index (χ3v) is 4.51. The number of hydrogen-bond acceptors (Lipinski definition) is 1. The fourth-order valence-corrected chi connectivity index (χ4v) is 2.88. The summed E-state index contributed by atoms with van der Waals surface area (Å²) < 4.78 is 13.0. The van der Waals surface area contributed by atoms with Crippen molar-refractivity contribution in [3.05, 3.63) is 34.6 Å². The normalized spacial score (nSPS) is 21.8. The van der Waals surface area contributed by atoms with Crippen LogP contribution in [0.25, 0.3) is 0 Å². The first-order valence-corrected chi connectivity index (χ1v) is 6.90. The smallest absolute Gasteiger partial charge is 0.124 e. The molecule has 1 saturated carbocycles. The molecule has 100 valence electrons. The van der Waals surface area contributed by atoms with Gasteiger partial charge in [-0.1, -0.05) is 31.5 Å². The zero-order valence-electron chi connectivity index (χ0n) is 11.1. The first-order chi connectivity index (χ1) is 8.30. The summed E-state index contributed by atoms with van der Waals surface area (Å²) >= 11 is 6.07. The predicted molar refractivity (Wildman–Crippen MR) is 74.3 cm³/mol. The van der Waals surface area contributed by atoms with E-state index in [1.165, 1.54) is 12.1 Å². The van der Waals surface area contributed by atoms with Crippen LogP contribution in [0.2, 0.25) is 5.02 Å². The lowest BCUT2D eigenvalue weighted by molar-refractivity contribution is 0.164. The van der Waals surface area contributed by atoms with Crippen LogP contribution in [0.1, 0.15) is 45.1 Å². The van der Waals surface area contributed by atoms with Gasteiger partial charge in [0.05, 0.1) is 0 Å². The van der Waals surface area contributed by atoms with Gasteiger partial charge in [-0.05, 0) is 55.2 Å². The average molecular weight is 270 g/mol. The fraction of sp³-hybridized carbons (Fsp3) is 0.600. The van der Waals surface area contributed by atoms with Gasteiger partial charge in [-0.25, -0.2) is 4.39 Å². The Morgan fingerprint density at radius 2 is 1.83 bits per heavy atom. The highest BCUT2D eigenvalue weighted by molar-refractivity contribution is 6.31. The van der Waals surface area contributed by atoms with Gasteiger partial charge in [0.15, 0.2) is 0 Å². The molecule has 1 aliphatic carbocycles. The summed E-state index contributed by atoms with van der Waals surface area (Å²) in [4.78, 5) is 0. The van der Waals surface area contributed by atoms with Crippen LogP contribution in [-0.4, -0.2) is 5.54 Å². The maximum atomic E-state index is 13.0. The Morgan fingerprint density at radius 1 is 1.22 bits per heavy atom. The van der Waals surface area contributed by atoms with E-state index in [4.69, 9.17) is 17.3 Å². The van der Waals surface area contributed by atoms with Gasteiger partial charge in [0.2, 0.25) is 0 Å². The van der Waals surface area contributed by atoms with Crippen LogP contribution in [0.4, 0.5) is 4.39 Å². The molecule has 1 aliphatic rings. The molecule has 1 nitrogen and oxygen atoms in total. The highest BCUT2D eigenvalue weighted by Crippen LogP contribution is 2.40. The molecule has 0 aromatic heterocycles. The van der Waals surface area contributed by atoms with Crippen molar-refractivity contribution in [1.29, 1.82) is 0 Å². The van der Waals surface area contributed by atoms with Crippen LogP contribution in [0, 0.1) is 11.2 Å². The zero-order valence-corrected chi connectivity index (χ0v) is 11.9. The second kappa shape index (κ2) is 4.82. The van der Waals surface area contributed by atoms with E-state index in [1.807, 2.05) is 0 Å². The maximum Gasteiger partial charge on any atom is 0.124 e. The molecule has 18 heavy (non-hydrogen) atoms. The Labute approximate surface area is 114 Å². The Hall–Kier alpha value is -0.600. The number of benzene rings is 1. The quantitative estimate of drug-likeness (QED) is 0.850. The lowest BCUT2D eigenvalue weighted by Gasteiger charge is -2.41. The van der Waals surface area contributed by atoms with Crippen LogP contribution in [0.3, 0.4) is 0 Å². The first kappa shape index (κ1) is 13.8. The van der Waals surface area contributed by atoms with Crippen molar-refractivity contribution in [2.75, 3.05) is 0 Å². The summed E-state index contributed by atoms with van der Waals surface area (Å²) in [5.41, 5.74) is 7.64. The minimum atomic E-state index is -0.292. The van der Waals surface area contributed by atoms with Crippen molar-refractivity contribution in [2.24, 2.45) is 11.1 Å². The predicted octanol–water partition coefficient (Wildman–Crippen LogP) is 4.32. The largest absolute Gasteiger partial charge is 0.325 e. The second-order valence-corrected chi connectivity index (χ2v) is 6.85. The van der Waals surface area contributed by atoms with E-state index in [0.29, 0.717) is 10.4 Å². The molecule has 0 atom stereocenters. The average Bonchev–Trinajstić information content (AvgIpc) is 2.28. The summed E-state index contributed by atoms with van der Waals surface area (Å²) in [6.07, 6.45) is 5.04. The molecular formula is C15H21ClFN. The number of hydrogen-bond donors (Lipinski definition) is 1. The van der Waals surface area contributed by atoms with E-state index in [1.54, 1.807) is 6.07 Å². The van der Waals surface area contributed by atoms with Crippen LogP contribution in [0.5, 0.6) is 0 Å². The molecule has 0 bridgehead atoms. The lowest BCUT2D eigenvalue weighted by atomic mass is 9.68. The SMILES string of the molecule is CC1(C)CCC(N)(Cc2ccc(F)cc2Cl)CC1. The summed E-state index contributed by atoms with van der Waals surface area (Å²) in [5.74, 6) is -0.292. The molecule has 0 unspecified atom stereocenters. The molecule has 1 fully saturated rings. The van der Waals surface area contributed by atoms with E-state index in [-0.39, 0.29) is 11.4 Å². The van der Waals surface area contributed by atoms with Gasteiger partial charge in [0.25, 0.3) is 0 Å². The van der Waals surface area contributed by atoms with E-state index in [2.05, 4.69) is 13.8 Å². The van der Waals surface area contributed by atoms with Crippen molar-refractivity contribution < 1.29 is 4.39 Å². The highest BCUT2D eigenvalue weighted by atomic mass is 35.5. The molecule has 0 spiro atoms. The van der Waals surface area contributed by atoms with Crippen molar-refractivity contribution in [2.45, 2.75) is 51.5 Å². The molecule has 3 heteroatoms. The standard InChI is InChI=1S/C15H21ClFN/c1-14(2)5-7-15(18,8-6-14)10-11-3-4-12(17)9-13(11)16/h3-4,9H,5-8,10,18H2,1-2H3. The molecule has 0 aliphatic heterocycles. The van der Waals surface area contributed by atoms with Gasteiger partial charge in [0.1, 0.15) is 5.82 Å². The minimum absolute atomic E-state index is 0.184. The molecule has 1 aromatic rings. The Balaban J connectivity index is 2.09. The summed E-state index contributed by atoms with van der Waals surface area (Å²) in [5, 5.41) is 0.490. The summed E-state index contributed by atoms with van der Waals surface area (Å²) in [7, 11) is 0. The van der Waals surface area contributed by atoms with Crippen molar-refractivity contribution in [3.63, 3.8) is 0 Å². The number of halogens is 2. The molecule has 2 rings (SSSR count). The van der Waals surface area contributed by atoms with E-state index < -0.39 is 0 Å². The highest BCUT2D eigenvalue weighted by Gasteiger charge is 2.35. The molecule has 1 aromatic carbocycles. The molecule has 2 N–H and O–H groups in total. The van der Waals surface area contributed by atoms with E-state index in [9.17, 15) is 4.39 Å². The van der Waals surface area contributed by atoms with Crippen molar-refractivity contribution >= 4 is 11.6 Å². The minimum Gasteiger partial charge on any atom is -0.325 e. The van der Waals surface area contributed by atoms with E-state index in [0.717, 1.165) is 37.7 Å². The third-order valence-electron chi connectivity index (χ3n) is 4.16. The molecular weight excluding hydrogens is 249 g/mol. The van der Waals surface area contributed by atoms with Crippen LogP contribution < -0.4 is 5.73 Å². The third kappa shape index (κ3) is 3.24. The monoisotopic (exact) mass is 269 g/mol. The second-order valence-electron chi connectivity index (χ2n) is 6.44. The number of rotatable bonds is 2. The van der Waals surface area contributed by atoms with Gasteiger partial charge in [-0.3, -0.25) is 0 Å². The zero-order chi connectivity index (χ0) is 13.4. The topological polar surface area (TPSA) is 26.0 Å². The van der Waals surface area contributed by atoms with Crippen molar-refractivity contribution in [1.82, 2.24) is 0 Å². The van der Waals surface area contributed by atoms with Gasteiger partial charge < -0.3 is 5.73 Å². The first-order valence-electron chi connectivity index (χ1n) is 6.53. The molecule has 0 radical (unpaired) electrons. The lowest BCUT2D eigenvalue weighted by Crippen LogP contribution is -2.46. The van der Waals surface area contributed by atoms with Crippen LogP contribution in [0.15, 0.2) is 18.2 Å². The van der Waals surface area contributed by atoms with Gasteiger partial charge in [0, 0.05) is 10.6 Å². The fourth-order valence-electron chi connectivity index (χ4n) is 2.65. The molecule has 0 amide bonds. The van der Waals surface area contributed by atoms with Gasteiger partial charge in [-0.15, -0.1) is 0 Å². The Kier molecular flexibility index (Phi) is 3.70. The summed E-state index contributed by atoms with van der Waals surface area (Å²) in [6, 6.07) is 4.58. The van der Waals surface area contributed by atoms with Crippen molar-refractivity contribution in [3.8, 4) is 0 Å². The maximum absolute atomic E-state index is 13.0. The molecule has 0 saturated heterocycles. The van der Waals surface area contributed by atoms with Gasteiger partial charge >= 0.3 is 0 Å².